The second-order valence-corrected chi connectivity index (χ2v) is 4.30. The Morgan fingerprint density at radius 3 is 0.714 bits per heavy atom. The van der Waals surface area contributed by atoms with Crippen molar-refractivity contribution in [3.05, 3.63) is 14.9 Å². The molecule has 0 amide bonds. The predicted octanol–water partition coefficient (Wildman–Crippen LogP) is 4.77. The van der Waals surface area contributed by atoms with E-state index in [4.69, 9.17) is 0 Å². The average Bonchev–Trinajstić information content (AvgIpc) is 2.27. The molecule has 0 aromatic heterocycles. The van der Waals surface area contributed by atoms with Crippen LogP contribution in [0.3, 0.4) is 0 Å². The summed E-state index contributed by atoms with van der Waals surface area (Å²) >= 11 is 1.47. The molecule has 0 atom stereocenters. The Kier molecular flexibility index (Phi) is 13.5. The van der Waals surface area contributed by atoms with E-state index in [1.807, 2.05) is 0 Å². The monoisotopic (exact) mass is 253 g/mol. The van der Waals surface area contributed by atoms with Crippen molar-refractivity contribution in [2.24, 2.45) is 29.6 Å². The summed E-state index contributed by atoms with van der Waals surface area (Å²) in [5, 5.41) is 0. The van der Waals surface area contributed by atoms with Gasteiger partial charge < -0.3 is 14.9 Å². The van der Waals surface area contributed by atoms with Gasteiger partial charge in [0.25, 0.3) is 0 Å². The fourth-order valence-corrected chi connectivity index (χ4v) is 2.39. The Labute approximate surface area is 107 Å². The number of hydrogen-bond donors (Lipinski definition) is 0. The van der Waals surface area contributed by atoms with Gasteiger partial charge in [0.2, 0.25) is 0 Å². The van der Waals surface area contributed by atoms with Gasteiger partial charge in [-0.05, 0) is 29.6 Å². The first-order chi connectivity index (χ1) is 5.55. The summed E-state index contributed by atoms with van der Waals surface area (Å²) in [4.78, 5) is 0. The summed E-state index contributed by atoms with van der Waals surface area (Å²) in [7, 11) is 4.64. The van der Waals surface area contributed by atoms with Crippen LogP contribution in [0.15, 0.2) is 0 Å². The van der Waals surface area contributed by atoms with E-state index >= 15 is 0 Å². The summed E-state index contributed by atoms with van der Waals surface area (Å²) in [5.41, 5.74) is 0. The zero-order valence-corrected chi connectivity index (χ0v) is 13.1. The minimum atomic E-state index is 0. The third-order valence-electron chi connectivity index (χ3n) is 4.15. The van der Waals surface area contributed by atoms with E-state index in [-0.39, 0.29) is 14.9 Å². The van der Waals surface area contributed by atoms with Crippen LogP contribution in [0.5, 0.6) is 0 Å². The van der Waals surface area contributed by atoms with E-state index < -0.39 is 0 Å². The maximum absolute atomic E-state index is 4.64. The predicted molar refractivity (Wildman–Crippen MR) is 64.5 cm³/mol. The van der Waals surface area contributed by atoms with Crippen molar-refractivity contribution >= 4 is 9.30 Å². The third kappa shape index (κ3) is 4.25. The van der Waals surface area contributed by atoms with Gasteiger partial charge in [-0.3, -0.25) is 0 Å². The van der Waals surface area contributed by atoms with Crippen LogP contribution in [0.4, 0.5) is 0 Å². The molecule has 1 aliphatic rings. The summed E-state index contributed by atoms with van der Waals surface area (Å²) in [6.07, 6.45) is 0. The molecular weight excluding hydrogens is 227 g/mol. The van der Waals surface area contributed by atoms with E-state index in [0.717, 1.165) is 29.6 Å². The van der Waals surface area contributed by atoms with Crippen molar-refractivity contribution in [2.75, 3.05) is 0 Å². The number of hydrogen-bond acceptors (Lipinski definition) is 0. The van der Waals surface area contributed by atoms with Gasteiger partial charge in [-0.2, -0.15) is 0 Å². The standard InChI is InChI=1S/C10H20.2CH3.ClH.Ti/c1-6-7(2)9(4)10(5)8(6)3;;;;/h6-10H,1-5H3;2*1H3;1H;/q;2*-1;;+4/p-1. The Balaban J connectivity index is -0.000000284. The second kappa shape index (κ2) is 9.25. The molecule has 0 aliphatic heterocycles. The van der Waals surface area contributed by atoms with Gasteiger partial charge in [-0.15, -0.1) is 0 Å². The average molecular weight is 254 g/mol. The first-order valence-corrected chi connectivity index (χ1v) is 6.89. The van der Waals surface area contributed by atoms with Gasteiger partial charge >= 0.3 is 28.7 Å². The molecule has 84 valence electrons. The van der Waals surface area contributed by atoms with Crippen molar-refractivity contribution in [1.29, 1.82) is 0 Å². The molecule has 0 radical (unpaired) electrons. The van der Waals surface area contributed by atoms with Gasteiger partial charge in [0.15, 0.2) is 0 Å². The van der Waals surface area contributed by atoms with Crippen LogP contribution in [0.2, 0.25) is 0 Å². The molecule has 0 nitrogen and oxygen atoms in total. The summed E-state index contributed by atoms with van der Waals surface area (Å²) < 4.78 is 0. The Hall–Kier alpha value is 1.00. The second-order valence-electron chi connectivity index (χ2n) is 4.30. The maximum atomic E-state index is 4.64. The first kappa shape index (κ1) is 20.4. The van der Waals surface area contributed by atoms with Crippen LogP contribution in [-0.4, -0.2) is 0 Å². The van der Waals surface area contributed by atoms with E-state index in [1.165, 1.54) is 19.4 Å². The molecule has 2 heteroatoms. The zero-order valence-electron chi connectivity index (χ0n) is 10.8. The summed E-state index contributed by atoms with van der Waals surface area (Å²) in [5.74, 6) is 4.68. The molecule has 0 spiro atoms. The van der Waals surface area contributed by atoms with Crippen molar-refractivity contribution in [3.8, 4) is 0 Å². The fraction of sp³-hybridized carbons (Fsp3) is 0.833. The molecule has 0 saturated heterocycles. The van der Waals surface area contributed by atoms with Crippen molar-refractivity contribution < 1.29 is 19.4 Å². The molecule has 1 rings (SSSR count). The molecule has 14 heavy (non-hydrogen) atoms. The Bertz CT molecular complexity index is 82.7. The van der Waals surface area contributed by atoms with Crippen LogP contribution < -0.4 is 0 Å². The quantitative estimate of drug-likeness (QED) is 0.431. The van der Waals surface area contributed by atoms with Crippen LogP contribution in [-0.2, 0) is 19.4 Å². The SMILES string of the molecule is CC1C(C)C(C)C(C)C1C.[CH3-].[CH3-].[Cl][Ti+3]. The van der Waals surface area contributed by atoms with Crippen LogP contribution >= 0.6 is 9.30 Å². The number of halogens is 1. The molecule has 1 fully saturated rings. The third-order valence-corrected chi connectivity index (χ3v) is 4.15. The first-order valence-electron chi connectivity index (χ1n) is 4.74. The summed E-state index contributed by atoms with van der Waals surface area (Å²) in [6.45, 7) is 12.0. The van der Waals surface area contributed by atoms with Crippen LogP contribution in [0.25, 0.3) is 0 Å². The normalized spacial score (nSPS) is 40.1. The van der Waals surface area contributed by atoms with Crippen molar-refractivity contribution in [1.82, 2.24) is 0 Å². The van der Waals surface area contributed by atoms with Crippen LogP contribution in [0, 0.1) is 44.4 Å². The van der Waals surface area contributed by atoms with Gasteiger partial charge in [-0.1, -0.05) is 34.6 Å². The topological polar surface area (TPSA) is 0 Å². The van der Waals surface area contributed by atoms with E-state index in [1.54, 1.807) is 0 Å². The summed E-state index contributed by atoms with van der Waals surface area (Å²) in [6, 6.07) is 0. The number of rotatable bonds is 0. The Morgan fingerprint density at radius 2 is 0.643 bits per heavy atom. The van der Waals surface area contributed by atoms with E-state index in [0.29, 0.717) is 0 Å². The van der Waals surface area contributed by atoms with Crippen molar-refractivity contribution in [3.63, 3.8) is 0 Å². The van der Waals surface area contributed by atoms with Gasteiger partial charge in [0, 0.05) is 0 Å². The van der Waals surface area contributed by atoms with Crippen molar-refractivity contribution in [2.45, 2.75) is 34.6 Å². The minimum absolute atomic E-state index is 0. The molecule has 0 unspecified atom stereocenters. The van der Waals surface area contributed by atoms with E-state index in [9.17, 15) is 0 Å². The molecule has 0 aromatic rings. The Morgan fingerprint density at radius 1 is 0.571 bits per heavy atom. The van der Waals surface area contributed by atoms with Gasteiger partial charge in [-0.25, -0.2) is 0 Å². The molecule has 0 heterocycles. The fourth-order valence-electron chi connectivity index (χ4n) is 2.39. The zero-order chi connectivity index (χ0) is 9.89. The molecular formula is C12H26ClTi+. The molecule has 0 bridgehead atoms. The molecule has 0 N–H and O–H groups in total. The molecule has 0 aromatic carbocycles. The van der Waals surface area contributed by atoms with Gasteiger partial charge in [0.1, 0.15) is 0 Å². The molecule has 1 saturated carbocycles. The molecule has 1 aliphatic carbocycles. The van der Waals surface area contributed by atoms with E-state index in [2.05, 4.69) is 43.9 Å². The van der Waals surface area contributed by atoms with Crippen LogP contribution in [0.1, 0.15) is 34.6 Å². The van der Waals surface area contributed by atoms with Gasteiger partial charge in [0.05, 0.1) is 0 Å².